The normalized spacial score (nSPS) is 11.4. The van der Waals surface area contributed by atoms with E-state index in [4.69, 9.17) is 11.6 Å². The highest BCUT2D eigenvalue weighted by Crippen LogP contribution is 2.28. The van der Waals surface area contributed by atoms with E-state index in [-0.39, 0.29) is 5.91 Å². The van der Waals surface area contributed by atoms with Crippen LogP contribution >= 0.6 is 11.6 Å². The van der Waals surface area contributed by atoms with E-state index >= 15 is 0 Å². The van der Waals surface area contributed by atoms with Crippen molar-refractivity contribution < 1.29 is 4.79 Å². The summed E-state index contributed by atoms with van der Waals surface area (Å²) in [5.74, 6) is -0.0403. The zero-order chi connectivity index (χ0) is 19.0. The third-order valence-corrected chi connectivity index (χ3v) is 5.40. The highest BCUT2D eigenvalue weighted by atomic mass is 35.5. The molecule has 1 amide bonds. The molecule has 0 radical (unpaired) electrons. The highest BCUT2D eigenvalue weighted by molar-refractivity contribution is 6.31. The summed E-state index contributed by atoms with van der Waals surface area (Å²) in [6.45, 7) is 5.36. The van der Waals surface area contributed by atoms with Gasteiger partial charge in [0, 0.05) is 46.1 Å². The van der Waals surface area contributed by atoms with Crippen LogP contribution in [-0.4, -0.2) is 22.0 Å². The first-order chi connectivity index (χ1) is 13.1. The largest absolute Gasteiger partial charge is 0.361 e. The number of benzene rings is 2. The first-order valence-electron chi connectivity index (χ1n) is 9.21. The van der Waals surface area contributed by atoms with Crippen molar-refractivity contribution in [1.82, 2.24) is 14.9 Å². The average molecular weight is 380 g/mol. The predicted octanol–water partition coefficient (Wildman–Crippen LogP) is 5.08. The Morgan fingerprint density at radius 3 is 2.81 bits per heavy atom. The Labute approximate surface area is 163 Å². The molecule has 0 spiro atoms. The third kappa shape index (κ3) is 3.10. The van der Waals surface area contributed by atoms with Crippen LogP contribution in [0.1, 0.15) is 28.5 Å². The zero-order valence-corrected chi connectivity index (χ0v) is 16.2. The summed E-state index contributed by atoms with van der Waals surface area (Å²) in [5, 5.41) is 6.01. The number of fused-ring (bicyclic) bond motifs is 2. The van der Waals surface area contributed by atoms with Gasteiger partial charge in [-0.3, -0.25) is 4.79 Å². The van der Waals surface area contributed by atoms with E-state index in [9.17, 15) is 4.79 Å². The molecule has 0 bridgehead atoms. The van der Waals surface area contributed by atoms with Gasteiger partial charge in [-0.05, 0) is 55.7 Å². The van der Waals surface area contributed by atoms with Crippen LogP contribution in [0.2, 0.25) is 5.02 Å². The Hall–Kier alpha value is -2.72. The van der Waals surface area contributed by atoms with Gasteiger partial charge in [-0.1, -0.05) is 29.8 Å². The molecule has 5 heteroatoms. The second-order valence-corrected chi connectivity index (χ2v) is 7.18. The number of rotatable bonds is 5. The minimum absolute atomic E-state index is 0.0403. The van der Waals surface area contributed by atoms with Gasteiger partial charge in [0.15, 0.2) is 0 Å². The van der Waals surface area contributed by atoms with Crippen molar-refractivity contribution in [1.29, 1.82) is 0 Å². The molecule has 2 N–H and O–H groups in total. The Morgan fingerprint density at radius 2 is 2.00 bits per heavy atom. The summed E-state index contributed by atoms with van der Waals surface area (Å²) in [6.07, 6.45) is 2.81. The van der Waals surface area contributed by atoms with Gasteiger partial charge in [0.05, 0.1) is 0 Å². The number of aryl methyl sites for hydroxylation is 2. The number of halogens is 1. The first-order valence-corrected chi connectivity index (χ1v) is 9.59. The van der Waals surface area contributed by atoms with Gasteiger partial charge in [0.25, 0.3) is 5.91 Å². The minimum atomic E-state index is -0.0403. The Kier molecular flexibility index (Phi) is 4.66. The van der Waals surface area contributed by atoms with Crippen LogP contribution in [0, 0.1) is 6.92 Å². The maximum Gasteiger partial charge on any atom is 0.268 e. The van der Waals surface area contributed by atoms with Crippen LogP contribution in [0.25, 0.3) is 21.8 Å². The molecule has 0 saturated heterocycles. The van der Waals surface area contributed by atoms with E-state index in [1.165, 1.54) is 10.9 Å². The summed E-state index contributed by atoms with van der Waals surface area (Å²) < 4.78 is 2.06. The third-order valence-electron chi connectivity index (χ3n) is 5.16. The topological polar surface area (TPSA) is 49.8 Å². The monoisotopic (exact) mass is 379 g/mol. The molecule has 0 aliphatic heterocycles. The molecule has 2 aromatic heterocycles. The van der Waals surface area contributed by atoms with Crippen molar-refractivity contribution in [2.75, 3.05) is 6.54 Å². The van der Waals surface area contributed by atoms with Gasteiger partial charge < -0.3 is 14.9 Å². The van der Waals surface area contributed by atoms with Crippen molar-refractivity contribution >= 4 is 39.3 Å². The number of hydrogen-bond donors (Lipinski definition) is 2. The van der Waals surface area contributed by atoms with Gasteiger partial charge in [-0.15, -0.1) is 0 Å². The summed E-state index contributed by atoms with van der Waals surface area (Å²) in [6, 6.07) is 14.0. The molecule has 138 valence electrons. The molecule has 0 saturated carbocycles. The van der Waals surface area contributed by atoms with Crippen LogP contribution in [0.4, 0.5) is 0 Å². The molecule has 27 heavy (non-hydrogen) atoms. The maximum atomic E-state index is 12.9. The highest BCUT2D eigenvalue weighted by Gasteiger charge is 2.19. The number of carbonyl (C=O) groups excluding carboxylic acids is 1. The molecule has 0 atom stereocenters. The smallest absolute Gasteiger partial charge is 0.268 e. The first kappa shape index (κ1) is 17.7. The van der Waals surface area contributed by atoms with E-state index in [0.717, 1.165) is 34.9 Å². The summed E-state index contributed by atoms with van der Waals surface area (Å²) in [4.78, 5) is 16.2. The number of carbonyl (C=O) groups is 1. The van der Waals surface area contributed by atoms with Gasteiger partial charge in [0.1, 0.15) is 5.69 Å². The predicted molar refractivity (Wildman–Crippen MR) is 112 cm³/mol. The van der Waals surface area contributed by atoms with Gasteiger partial charge >= 0.3 is 0 Å². The van der Waals surface area contributed by atoms with Crippen LogP contribution in [0.5, 0.6) is 0 Å². The fraction of sp³-hybridized carbons (Fsp3) is 0.227. The average Bonchev–Trinajstić information content (AvgIpc) is 3.20. The molecule has 0 aliphatic rings. The molecule has 4 rings (SSSR count). The summed E-state index contributed by atoms with van der Waals surface area (Å²) in [5.41, 5.74) is 5.07. The number of aromatic amines is 1. The maximum absolute atomic E-state index is 12.9. The summed E-state index contributed by atoms with van der Waals surface area (Å²) in [7, 11) is 0. The molecule has 0 unspecified atom stereocenters. The van der Waals surface area contributed by atoms with E-state index in [1.807, 2.05) is 43.5 Å². The quantitative estimate of drug-likeness (QED) is 0.499. The van der Waals surface area contributed by atoms with Gasteiger partial charge in [-0.25, -0.2) is 0 Å². The van der Waals surface area contributed by atoms with Gasteiger partial charge in [0.2, 0.25) is 0 Å². The Morgan fingerprint density at radius 1 is 1.19 bits per heavy atom. The lowest BCUT2D eigenvalue weighted by atomic mass is 10.1. The Bertz CT molecular complexity index is 1140. The van der Waals surface area contributed by atoms with Gasteiger partial charge in [-0.2, -0.15) is 0 Å². The number of aromatic nitrogens is 2. The van der Waals surface area contributed by atoms with Crippen molar-refractivity contribution in [3.63, 3.8) is 0 Å². The van der Waals surface area contributed by atoms with Crippen LogP contribution in [0.15, 0.2) is 48.7 Å². The lowest BCUT2D eigenvalue weighted by Crippen LogP contribution is -2.28. The van der Waals surface area contributed by atoms with E-state index < -0.39 is 0 Å². The minimum Gasteiger partial charge on any atom is -0.361 e. The van der Waals surface area contributed by atoms with Crippen molar-refractivity contribution in [2.45, 2.75) is 26.8 Å². The van der Waals surface area contributed by atoms with Crippen LogP contribution in [0.3, 0.4) is 0 Å². The van der Waals surface area contributed by atoms with Crippen molar-refractivity contribution in [2.24, 2.45) is 0 Å². The number of para-hydroxylation sites is 1. The molecular weight excluding hydrogens is 358 g/mol. The zero-order valence-electron chi connectivity index (χ0n) is 15.5. The molecule has 2 heterocycles. The van der Waals surface area contributed by atoms with Crippen molar-refractivity contribution in [3.05, 3.63) is 70.5 Å². The van der Waals surface area contributed by atoms with Crippen LogP contribution < -0.4 is 5.32 Å². The molecule has 0 aliphatic carbocycles. The van der Waals surface area contributed by atoms with E-state index in [0.29, 0.717) is 17.3 Å². The number of hydrogen-bond acceptors (Lipinski definition) is 1. The number of H-pyrrole nitrogens is 1. The lowest BCUT2D eigenvalue weighted by Gasteiger charge is -2.10. The number of nitrogens with one attached hydrogen (secondary N) is 2. The SMILES string of the molecule is CCn1c(C(=O)NCCc2c[nH]c3ccccc23)c(C)c2cc(Cl)ccc21. The fourth-order valence-corrected chi connectivity index (χ4v) is 4.02. The van der Waals surface area contributed by atoms with E-state index in [1.54, 1.807) is 0 Å². The molecule has 2 aromatic carbocycles. The standard InChI is InChI=1S/C22H22ClN3O/c1-3-26-20-9-8-16(23)12-18(20)14(2)21(26)22(27)24-11-10-15-13-25-19-7-5-4-6-17(15)19/h4-9,12-13,25H,3,10-11H2,1-2H3,(H,24,27). The number of nitrogens with zero attached hydrogens (tertiary/aromatic N) is 1. The fourth-order valence-electron chi connectivity index (χ4n) is 3.85. The van der Waals surface area contributed by atoms with Crippen LogP contribution in [-0.2, 0) is 13.0 Å². The molecule has 4 nitrogen and oxygen atoms in total. The van der Waals surface area contributed by atoms with E-state index in [2.05, 4.69) is 33.9 Å². The molecule has 4 aromatic rings. The molecular formula is C22H22ClN3O. The summed E-state index contributed by atoms with van der Waals surface area (Å²) >= 11 is 6.15. The van der Waals surface area contributed by atoms with Crippen molar-refractivity contribution in [3.8, 4) is 0 Å². The lowest BCUT2D eigenvalue weighted by molar-refractivity contribution is 0.0945. The molecule has 0 fully saturated rings. The second kappa shape index (κ2) is 7.12. The number of amides is 1. The second-order valence-electron chi connectivity index (χ2n) is 6.74. The Balaban J connectivity index is 1.55.